The molecule has 0 radical (unpaired) electrons. The standard InChI is InChI=1S/C15H18BrN3O4S/c1-19(2)13(14-4-3-7-23-14)9-18-15(20)11-8-10(24(17,21)22)5-6-12(11)16/h3-8,13H,9H2,1-2H3,(H,18,20)(H2,17,21,22). The monoisotopic (exact) mass is 415 g/mol. The average molecular weight is 416 g/mol. The number of hydrogen-bond acceptors (Lipinski definition) is 5. The third-order valence-corrected chi connectivity index (χ3v) is 5.06. The molecule has 1 unspecified atom stereocenters. The van der Waals surface area contributed by atoms with E-state index in [1.54, 1.807) is 12.3 Å². The summed E-state index contributed by atoms with van der Waals surface area (Å²) < 4.78 is 28.7. The Bertz CT molecular complexity index is 819. The van der Waals surface area contributed by atoms with Crippen LogP contribution in [0.4, 0.5) is 0 Å². The Kier molecular flexibility index (Phi) is 5.81. The van der Waals surface area contributed by atoms with E-state index in [2.05, 4.69) is 21.2 Å². The molecule has 0 spiro atoms. The molecule has 1 aromatic heterocycles. The second kappa shape index (κ2) is 7.47. The predicted octanol–water partition coefficient (Wildman–Crippen LogP) is 1.72. The number of nitrogens with one attached hydrogen (secondary N) is 1. The van der Waals surface area contributed by atoms with E-state index in [1.807, 2.05) is 25.1 Å². The van der Waals surface area contributed by atoms with Crippen molar-refractivity contribution in [1.29, 1.82) is 0 Å². The minimum absolute atomic E-state index is 0.119. The molecule has 0 saturated carbocycles. The van der Waals surface area contributed by atoms with Crippen molar-refractivity contribution in [3.63, 3.8) is 0 Å². The number of carbonyl (C=O) groups excluding carboxylic acids is 1. The van der Waals surface area contributed by atoms with E-state index in [0.29, 0.717) is 11.0 Å². The van der Waals surface area contributed by atoms with Crippen LogP contribution < -0.4 is 10.5 Å². The number of nitrogens with zero attached hydrogens (tertiary/aromatic N) is 1. The van der Waals surface area contributed by atoms with Crippen molar-refractivity contribution >= 4 is 31.9 Å². The van der Waals surface area contributed by atoms with Crippen molar-refractivity contribution < 1.29 is 17.6 Å². The lowest BCUT2D eigenvalue weighted by Crippen LogP contribution is -2.34. The molecule has 1 amide bonds. The van der Waals surface area contributed by atoms with E-state index in [4.69, 9.17) is 9.56 Å². The summed E-state index contributed by atoms with van der Waals surface area (Å²) in [5, 5.41) is 7.89. The minimum Gasteiger partial charge on any atom is -0.468 e. The van der Waals surface area contributed by atoms with Gasteiger partial charge in [-0.15, -0.1) is 0 Å². The number of furan rings is 1. The highest BCUT2D eigenvalue weighted by Gasteiger charge is 2.20. The van der Waals surface area contributed by atoms with Crippen molar-refractivity contribution in [3.8, 4) is 0 Å². The van der Waals surface area contributed by atoms with E-state index in [-0.39, 0.29) is 16.5 Å². The highest BCUT2D eigenvalue weighted by molar-refractivity contribution is 9.10. The van der Waals surface area contributed by atoms with Gasteiger partial charge in [0.05, 0.1) is 22.8 Å². The predicted molar refractivity (Wildman–Crippen MR) is 93.0 cm³/mol. The number of primary sulfonamides is 1. The first-order valence-corrected chi connectivity index (χ1v) is 9.34. The number of hydrogen-bond donors (Lipinski definition) is 2. The zero-order chi connectivity index (χ0) is 17.9. The van der Waals surface area contributed by atoms with Crippen LogP contribution in [-0.4, -0.2) is 39.9 Å². The lowest BCUT2D eigenvalue weighted by Gasteiger charge is -2.22. The van der Waals surface area contributed by atoms with Crippen molar-refractivity contribution in [2.75, 3.05) is 20.6 Å². The third-order valence-electron chi connectivity index (χ3n) is 3.46. The number of amides is 1. The van der Waals surface area contributed by atoms with Gasteiger partial charge in [0.15, 0.2) is 0 Å². The summed E-state index contributed by atoms with van der Waals surface area (Å²) in [7, 11) is -0.136. The molecule has 0 aliphatic heterocycles. The Labute approximate surface area is 149 Å². The SMILES string of the molecule is CN(C)C(CNC(=O)c1cc(S(N)(=O)=O)ccc1Br)c1ccco1. The average Bonchev–Trinajstić information content (AvgIpc) is 3.00. The molecule has 0 bridgehead atoms. The van der Waals surface area contributed by atoms with Crippen molar-refractivity contribution in [3.05, 3.63) is 52.4 Å². The van der Waals surface area contributed by atoms with Gasteiger partial charge in [-0.25, -0.2) is 13.6 Å². The highest BCUT2D eigenvalue weighted by atomic mass is 79.9. The molecule has 0 saturated heterocycles. The first-order valence-electron chi connectivity index (χ1n) is 7.00. The summed E-state index contributed by atoms with van der Waals surface area (Å²) in [6.45, 7) is 0.297. The number of likely N-dealkylation sites (N-methyl/N-ethyl adjacent to an activating group) is 1. The van der Waals surface area contributed by atoms with E-state index < -0.39 is 15.9 Å². The van der Waals surface area contributed by atoms with E-state index in [0.717, 1.165) is 5.76 Å². The number of sulfonamides is 1. The number of benzene rings is 1. The van der Waals surface area contributed by atoms with Gasteiger partial charge in [0.1, 0.15) is 5.76 Å². The largest absolute Gasteiger partial charge is 0.468 e. The fraction of sp³-hybridized carbons (Fsp3) is 0.267. The molecule has 0 aliphatic carbocycles. The molecule has 2 rings (SSSR count). The fourth-order valence-corrected chi connectivity index (χ4v) is 3.13. The second-order valence-electron chi connectivity index (χ2n) is 5.39. The van der Waals surface area contributed by atoms with Gasteiger partial charge in [0, 0.05) is 11.0 Å². The quantitative estimate of drug-likeness (QED) is 0.746. The number of halogens is 1. The first-order chi connectivity index (χ1) is 11.2. The molecule has 1 aromatic carbocycles. The Morgan fingerprint density at radius 1 is 1.38 bits per heavy atom. The molecule has 24 heavy (non-hydrogen) atoms. The number of rotatable bonds is 6. The number of nitrogens with two attached hydrogens (primary N) is 1. The van der Waals surface area contributed by atoms with Gasteiger partial charge < -0.3 is 9.73 Å². The Morgan fingerprint density at radius 2 is 2.08 bits per heavy atom. The number of carbonyl (C=O) groups is 1. The summed E-state index contributed by atoms with van der Waals surface area (Å²) in [6.07, 6.45) is 1.57. The van der Waals surface area contributed by atoms with Crippen LogP contribution in [0, 0.1) is 0 Å². The van der Waals surface area contributed by atoms with Gasteiger partial charge in [-0.2, -0.15) is 0 Å². The molecule has 0 aliphatic rings. The molecule has 0 fully saturated rings. The lowest BCUT2D eigenvalue weighted by atomic mass is 10.1. The molecule has 1 atom stereocenters. The maximum absolute atomic E-state index is 12.4. The summed E-state index contributed by atoms with van der Waals surface area (Å²) in [4.78, 5) is 14.2. The van der Waals surface area contributed by atoms with Gasteiger partial charge in [0.2, 0.25) is 10.0 Å². The van der Waals surface area contributed by atoms with Gasteiger partial charge in [0.25, 0.3) is 5.91 Å². The van der Waals surface area contributed by atoms with Crippen molar-refractivity contribution in [1.82, 2.24) is 10.2 Å². The zero-order valence-electron chi connectivity index (χ0n) is 13.2. The Balaban J connectivity index is 2.18. The van der Waals surface area contributed by atoms with E-state index in [1.165, 1.54) is 18.2 Å². The van der Waals surface area contributed by atoms with Crippen LogP contribution in [0.5, 0.6) is 0 Å². The topological polar surface area (TPSA) is 106 Å². The smallest absolute Gasteiger partial charge is 0.252 e. The van der Waals surface area contributed by atoms with E-state index >= 15 is 0 Å². The minimum atomic E-state index is -3.88. The van der Waals surface area contributed by atoms with Crippen LogP contribution in [0.25, 0.3) is 0 Å². The highest BCUT2D eigenvalue weighted by Crippen LogP contribution is 2.21. The third kappa shape index (κ3) is 4.44. The normalized spacial score (nSPS) is 13.0. The lowest BCUT2D eigenvalue weighted by molar-refractivity contribution is 0.0938. The van der Waals surface area contributed by atoms with Crippen LogP contribution in [-0.2, 0) is 10.0 Å². The van der Waals surface area contributed by atoms with E-state index in [9.17, 15) is 13.2 Å². The molecular formula is C15H18BrN3O4S. The second-order valence-corrected chi connectivity index (χ2v) is 7.81. The zero-order valence-corrected chi connectivity index (χ0v) is 15.6. The van der Waals surface area contributed by atoms with Crippen LogP contribution in [0.2, 0.25) is 0 Å². The molecule has 2 aromatic rings. The van der Waals surface area contributed by atoms with Gasteiger partial charge in [-0.1, -0.05) is 0 Å². The van der Waals surface area contributed by atoms with Gasteiger partial charge in [-0.05, 0) is 60.4 Å². The van der Waals surface area contributed by atoms with Crippen molar-refractivity contribution in [2.45, 2.75) is 10.9 Å². The van der Waals surface area contributed by atoms with Crippen LogP contribution in [0.3, 0.4) is 0 Å². The van der Waals surface area contributed by atoms with Gasteiger partial charge in [-0.3, -0.25) is 9.69 Å². The summed E-state index contributed by atoms with van der Waals surface area (Å²) in [5.41, 5.74) is 0.193. The summed E-state index contributed by atoms with van der Waals surface area (Å²) >= 11 is 3.25. The van der Waals surface area contributed by atoms with Crippen LogP contribution >= 0.6 is 15.9 Å². The summed E-state index contributed by atoms with van der Waals surface area (Å²) in [6, 6.07) is 7.51. The maximum Gasteiger partial charge on any atom is 0.252 e. The summed E-state index contributed by atoms with van der Waals surface area (Å²) in [5.74, 6) is 0.309. The maximum atomic E-state index is 12.4. The van der Waals surface area contributed by atoms with Crippen LogP contribution in [0.15, 0.2) is 50.4 Å². The Hall–Kier alpha value is -1.68. The van der Waals surface area contributed by atoms with Crippen LogP contribution in [0.1, 0.15) is 22.2 Å². The Morgan fingerprint density at radius 3 is 2.62 bits per heavy atom. The van der Waals surface area contributed by atoms with Gasteiger partial charge >= 0.3 is 0 Å². The molecule has 1 heterocycles. The first kappa shape index (κ1) is 18.7. The van der Waals surface area contributed by atoms with Crippen molar-refractivity contribution in [2.24, 2.45) is 5.14 Å². The molecule has 130 valence electrons. The molecule has 9 heteroatoms. The molecular weight excluding hydrogens is 398 g/mol. The molecule has 3 N–H and O–H groups in total. The fourth-order valence-electron chi connectivity index (χ4n) is 2.16. The molecule has 7 nitrogen and oxygen atoms in total.